The van der Waals surface area contributed by atoms with E-state index in [1.807, 2.05) is 0 Å². The van der Waals surface area contributed by atoms with Gasteiger partial charge in [-0.15, -0.1) is 0 Å². The summed E-state index contributed by atoms with van der Waals surface area (Å²) in [4.78, 5) is 0. The summed E-state index contributed by atoms with van der Waals surface area (Å²) in [5.41, 5.74) is 0.359. The van der Waals surface area contributed by atoms with Crippen LogP contribution in [0.25, 0.3) is 0 Å². The first-order valence-electron chi connectivity index (χ1n) is 5.07. The highest BCUT2D eigenvalue weighted by atomic mass is 19.2. The number of phenolic OH excluding ortho intramolecular Hbond substituents is 1. The molecule has 0 amide bonds. The van der Waals surface area contributed by atoms with Crippen LogP contribution in [0.1, 0.15) is 24.3 Å². The summed E-state index contributed by atoms with van der Waals surface area (Å²) >= 11 is 0. The molecule has 1 fully saturated rings. The topological polar surface area (TPSA) is 32.3 Å². The minimum Gasteiger partial charge on any atom is -0.505 e. The first-order chi connectivity index (χ1) is 7.20. The van der Waals surface area contributed by atoms with Crippen LogP contribution >= 0.6 is 0 Å². The Morgan fingerprint density at radius 3 is 2.73 bits per heavy atom. The third kappa shape index (κ3) is 1.95. The van der Waals surface area contributed by atoms with E-state index in [0.29, 0.717) is 12.1 Å². The molecular formula is C11H13F2NO. The second kappa shape index (κ2) is 4.14. The number of hydrogen-bond acceptors (Lipinski definition) is 2. The molecule has 2 N–H and O–H groups in total. The SMILES string of the molecule is Oc1ccc(C2CCCNC2)c(F)c1F. The van der Waals surface area contributed by atoms with Crippen LogP contribution in [0.2, 0.25) is 0 Å². The lowest BCUT2D eigenvalue weighted by Gasteiger charge is -2.23. The van der Waals surface area contributed by atoms with Gasteiger partial charge >= 0.3 is 0 Å². The zero-order valence-corrected chi connectivity index (χ0v) is 8.26. The summed E-state index contributed by atoms with van der Waals surface area (Å²) in [7, 11) is 0. The predicted octanol–water partition coefficient (Wildman–Crippen LogP) is 2.14. The van der Waals surface area contributed by atoms with E-state index in [9.17, 15) is 8.78 Å². The maximum atomic E-state index is 13.5. The van der Waals surface area contributed by atoms with Crippen molar-refractivity contribution in [1.82, 2.24) is 5.32 Å². The smallest absolute Gasteiger partial charge is 0.200 e. The van der Waals surface area contributed by atoms with Crippen LogP contribution in [0.15, 0.2) is 12.1 Å². The van der Waals surface area contributed by atoms with Crippen LogP contribution in [0, 0.1) is 11.6 Å². The summed E-state index contributed by atoms with van der Waals surface area (Å²) in [5, 5.41) is 12.1. The molecule has 2 rings (SSSR count). The molecular weight excluding hydrogens is 200 g/mol. The van der Waals surface area contributed by atoms with Crippen molar-refractivity contribution < 1.29 is 13.9 Å². The van der Waals surface area contributed by atoms with Gasteiger partial charge in [-0.2, -0.15) is 4.39 Å². The Morgan fingerprint density at radius 1 is 1.27 bits per heavy atom. The number of rotatable bonds is 1. The number of halogens is 2. The molecule has 4 heteroatoms. The fourth-order valence-electron chi connectivity index (χ4n) is 1.99. The second-order valence-electron chi connectivity index (χ2n) is 3.85. The normalized spacial score (nSPS) is 21.6. The zero-order valence-electron chi connectivity index (χ0n) is 8.26. The first kappa shape index (κ1) is 10.4. The van der Waals surface area contributed by atoms with Crippen molar-refractivity contribution in [2.75, 3.05) is 13.1 Å². The van der Waals surface area contributed by atoms with E-state index in [-0.39, 0.29) is 5.92 Å². The molecule has 1 aromatic carbocycles. The zero-order chi connectivity index (χ0) is 10.8. The molecule has 0 aromatic heterocycles. The van der Waals surface area contributed by atoms with Gasteiger partial charge in [-0.25, -0.2) is 4.39 Å². The van der Waals surface area contributed by atoms with Gasteiger partial charge in [-0.05, 0) is 36.9 Å². The third-order valence-electron chi connectivity index (χ3n) is 2.83. The van der Waals surface area contributed by atoms with Crippen molar-refractivity contribution in [2.45, 2.75) is 18.8 Å². The fraction of sp³-hybridized carbons (Fsp3) is 0.455. The van der Waals surface area contributed by atoms with Crippen LogP contribution < -0.4 is 5.32 Å². The Labute approximate surface area is 86.9 Å². The van der Waals surface area contributed by atoms with Crippen molar-refractivity contribution in [2.24, 2.45) is 0 Å². The molecule has 1 aliphatic rings. The highest BCUT2D eigenvalue weighted by Crippen LogP contribution is 2.29. The molecule has 0 spiro atoms. The van der Waals surface area contributed by atoms with Crippen LogP contribution in [0.3, 0.4) is 0 Å². The molecule has 0 bridgehead atoms. The monoisotopic (exact) mass is 213 g/mol. The summed E-state index contributed by atoms with van der Waals surface area (Å²) in [6.07, 6.45) is 1.82. The van der Waals surface area contributed by atoms with E-state index in [1.165, 1.54) is 12.1 Å². The molecule has 1 unspecified atom stereocenters. The maximum absolute atomic E-state index is 13.5. The van der Waals surface area contributed by atoms with Crippen molar-refractivity contribution in [3.05, 3.63) is 29.3 Å². The Balaban J connectivity index is 2.31. The lowest BCUT2D eigenvalue weighted by Crippen LogP contribution is -2.29. The first-order valence-corrected chi connectivity index (χ1v) is 5.07. The molecule has 1 atom stereocenters. The third-order valence-corrected chi connectivity index (χ3v) is 2.83. The van der Waals surface area contributed by atoms with Gasteiger partial charge in [0.25, 0.3) is 0 Å². The van der Waals surface area contributed by atoms with Crippen molar-refractivity contribution in [3.8, 4) is 5.75 Å². The number of hydrogen-bond donors (Lipinski definition) is 2. The van der Waals surface area contributed by atoms with E-state index < -0.39 is 17.4 Å². The molecule has 1 heterocycles. The Kier molecular flexibility index (Phi) is 2.86. The Hall–Kier alpha value is -1.16. The van der Waals surface area contributed by atoms with Gasteiger partial charge in [-0.1, -0.05) is 6.07 Å². The number of nitrogens with one attached hydrogen (secondary N) is 1. The average molecular weight is 213 g/mol. The van der Waals surface area contributed by atoms with E-state index in [0.717, 1.165) is 19.4 Å². The fourth-order valence-corrected chi connectivity index (χ4v) is 1.99. The maximum Gasteiger partial charge on any atom is 0.200 e. The van der Waals surface area contributed by atoms with Gasteiger partial charge in [0.05, 0.1) is 0 Å². The van der Waals surface area contributed by atoms with Gasteiger partial charge in [0.2, 0.25) is 5.82 Å². The highest BCUT2D eigenvalue weighted by Gasteiger charge is 2.21. The quantitative estimate of drug-likeness (QED) is 0.749. The molecule has 0 aliphatic carbocycles. The number of piperidine rings is 1. The highest BCUT2D eigenvalue weighted by molar-refractivity contribution is 5.32. The van der Waals surface area contributed by atoms with Gasteiger partial charge in [0.15, 0.2) is 11.6 Å². The number of benzene rings is 1. The van der Waals surface area contributed by atoms with Gasteiger partial charge in [0.1, 0.15) is 0 Å². The molecule has 1 aromatic rings. The van der Waals surface area contributed by atoms with Crippen LogP contribution in [-0.4, -0.2) is 18.2 Å². The minimum atomic E-state index is -1.14. The van der Waals surface area contributed by atoms with Gasteiger partial charge < -0.3 is 10.4 Å². The molecule has 0 saturated carbocycles. The van der Waals surface area contributed by atoms with E-state index in [2.05, 4.69) is 5.32 Å². The van der Waals surface area contributed by atoms with Gasteiger partial charge in [-0.3, -0.25) is 0 Å². The molecule has 1 saturated heterocycles. The molecule has 2 nitrogen and oxygen atoms in total. The van der Waals surface area contributed by atoms with Crippen molar-refractivity contribution >= 4 is 0 Å². The Bertz CT molecular complexity index is 362. The molecule has 15 heavy (non-hydrogen) atoms. The molecule has 1 aliphatic heterocycles. The average Bonchev–Trinajstić information content (AvgIpc) is 2.27. The minimum absolute atomic E-state index is 0.00819. The van der Waals surface area contributed by atoms with Crippen molar-refractivity contribution in [3.63, 3.8) is 0 Å². The van der Waals surface area contributed by atoms with Crippen LogP contribution in [-0.2, 0) is 0 Å². The van der Waals surface area contributed by atoms with E-state index in [4.69, 9.17) is 5.11 Å². The second-order valence-corrected chi connectivity index (χ2v) is 3.85. The summed E-state index contributed by atoms with van der Waals surface area (Å²) in [5.74, 6) is -2.67. The lowest BCUT2D eigenvalue weighted by atomic mass is 9.91. The van der Waals surface area contributed by atoms with E-state index >= 15 is 0 Å². The van der Waals surface area contributed by atoms with Gasteiger partial charge in [0, 0.05) is 6.54 Å². The van der Waals surface area contributed by atoms with Crippen LogP contribution in [0.5, 0.6) is 5.75 Å². The summed E-state index contributed by atoms with van der Waals surface area (Å²) in [6.45, 7) is 1.60. The summed E-state index contributed by atoms with van der Waals surface area (Å²) < 4.78 is 26.6. The van der Waals surface area contributed by atoms with E-state index in [1.54, 1.807) is 0 Å². The largest absolute Gasteiger partial charge is 0.505 e. The number of phenols is 1. The Morgan fingerprint density at radius 2 is 2.07 bits per heavy atom. The molecule has 82 valence electrons. The molecule has 0 radical (unpaired) electrons. The lowest BCUT2D eigenvalue weighted by molar-refractivity contribution is 0.392. The van der Waals surface area contributed by atoms with Crippen molar-refractivity contribution in [1.29, 1.82) is 0 Å². The van der Waals surface area contributed by atoms with Crippen LogP contribution in [0.4, 0.5) is 8.78 Å². The summed E-state index contributed by atoms with van der Waals surface area (Å²) in [6, 6.07) is 2.67. The number of aromatic hydroxyl groups is 1. The standard InChI is InChI=1S/C11H13F2NO/c12-10-8(3-4-9(15)11(10)13)7-2-1-5-14-6-7/h3-4,7,14-15H,1-2,5-6H2. The predicted molar refractivity (Wildman–Crippen MR) is 52.9 cm³/mol.